The summed E-state index contributed by atoms with van der Waals surface area (Å²) in [7, 11) is 0. The summed E-state index contributed by atoms with van der Waals surface area (Å²) < 4.78 is 0. The molecule has 0 aromatic rings. The van der Waals surface area contributed by atoms with Crippen LogP contribution < -0.4 is 0 Å². The summed E-state index contributed by atoms with van der Waals surface area (Å²) in [6, 6.07) is 0. The van der Waals surface area contributed by atoms with Gasteiger partial charge in [0.25, 0.3) is 0 Å². The maximum absolute atomic E-state index is 8.59. The fourth-order valence-electron chi connectivity index (χ4n) is 1.70. The van der Waals surface area contributed by atoms with Gasteiger partial charge in [-0.15, -0.1) is 0 Å². The largest absolute Gasteiger partial charge is 0.289 e. The van der Waals surface area contributed by atoms with Crippen molar-refractivity contribution >= 4 is 11.8 Å². The van der Waals surface area contributed by atoms with Crippen molar-refractivity contribution in [3.8, 4) is 5.40 Å². The van der Waals surface area contributed by atoms with E-state index in [-0.39, 0.29) is 4.87 Å². The summed E-state index contributed by atoms with van der Waals surface area (Å²) in [4.78, 5) is 2.48. The van der Waals surface area contributed by atoms with E-state index in [9.17, 15) is 0 Å². The molecule has 1 rings (SSSR count). The van der Waals surface area contributed by atoms with Gasteiger partial charge in [0.15, 0.2) is 0 Å². The Balaban J connectivity index is 2.60. The monoisotopic (exact) mass is 170 g/mol. The summed E-state index contributed by atoms with van der Waals surface area (Å²) in [5.74, 6) is 0. The highest BCUT2D eigenvalue weighted by Gasteiger charge is 2.36. The number of thiocyanates is 1. The number of rotatable bonds is 2. The molecule has 0 radical (unpaired) electrons. The van der Waals surface area contributed by atoms with Crippen molar-refractivity contribution in [3.63, 3.8) is 0 Å². The van der Waals surface area contributed by atoms with E-state index in [0.29, 0.717) is 0 Å². The maximum atomic E-state index is 8.59. The number of nitrogens with zero attached hydrogens (tertiary/aromatic N) is 2. The van der Waals surface area contributed by atoms with Gasteiger partial charge in [0.1, 0.15) is 5.40 Å². The Morgan fingerprint density at radius 2 is 2.45 bits per heavy atom. The van der Waals surface area contributed by atoms with Crippen LogP contribution in [0.1, 0.15) is 26.7 Å². The van der Waals surface area contributed by atoms with Crippen molar-refractivity contribution in [3.05, 3.63) is 0 Å². The van der Waals surface area contributed by atoms with Crippen molar-refractivity contribution in [1.29, 1.82) is 5.26 Å². The average Bonchev–Trinajstić information content (AvgIpc) is 2.31. The van der Waals surface area contributed by atoms with Crippen molar-refractivity contribution in [2.24, 2.45) is 0 Å². The van der Waals surface area contributed by atoms with E-state index in [2.05, 4.69) is 24.1 Å². The summed E-state index contributed by atoms with van der Waals surface area (Å²) in [6.45, 7) is 6.53. The lowest BCUT2D eigenvalue weighted by atomic mass is 10.2. The first-order valence-electron chi connectivity index (χ1n) is 4.05. The lowest BCUT2D eigenvalue weighted by molar-refractivity contribution is 0.255. The van der Waals surface area contributed by atoms with Gasteiger partial charge >= 0.3 is 0 Å². The molecule has 1 saturated heterocycles. The van der Waals surface area contributed by atoms with E-state index in [1.807, 2.05) is 0 Å². The number of hydrogen-bond donors (Lipinski definition) is 0. The normalized spacial score (nSPS) is 32.1. The first-order valence-corrected chi connectivity index (χ1v) is 4.87. The third-order valence-corrected chi connectivity index (χ3v) is 3.38. The second-order valence-electron chi connectivity index (χ2n) is 3.05. The highest BCUT2D eigenvalue weighted by molar-refractivity contribution is 8.04. The van der Waals surface area contributed by atoms with Gasteiger partial charge in [-0.3, -0.25) is 4.90 Å². The molecule has 1 heterocycles. The zero-order valence-electron chi connectivity index (χ0n) is 7.13. The zero-order valence-corrected chi connectivity index (χ0v) is 7.95. The zero-order chi connectivity index (χ0) is 8.32. The van der Waals surface area contributed by atoms with E-state index in [4.69, 9.17) is 5.26 Å². The van der Waals surface area contributed by atoms with Crippen molar-refractivity contribution in [1.82, 2.24) is 4.90 Å². The lowest BCUT2D eigenvalue weighted by Gasteiger charge is -2.30. The third kappa shape index (κ3) is 1.69. The molecule has 0 aromatic heterocycles. The van der Waals surface area contributed by atoms with Crippen molar-refractivity contribution < 1.29 is 0 Å². The minimum Gasteiger partial charge on any atom is -0.289 e. The van der Waals surface area contributed by atoms with Crippen LogP contribution in [0.2, 0.25) is 0 Å². The predicted octanol–water partition coefficient (Wildman–Crippen LogP) is 2.03. The van der Waals surface area contributed by atoms with E-state index in [1.165, 1.54) is 18.2 Å². The Morgan fingerprint density at radius 3 is 3.00 bits per heavy atom. The molecule has 3 heteroatoms. The Labute approximate surface area is 72.6 Å². The van der Waals surface area contributed by atoms with Crippen LogP contribution in [0.4, 0.5) is 0 Å². The molecule has 0 saturated carbocycles. The number of thioether (sulfide) groups is 1. The molecular weight excluding hydrogens is 156 g/mol. The van der Waals surface area contributed by atoms with E-state index < -0.39 is 0 Å². The number of hydrogen-bond acceptors (Lipinski definition) is 3. The van der Waals surface area contributed by atoms with Crippen LogP contribution in [0, 0.1) is 10.7 Å². The van der Waals surface area contributed by atoms with Gasteiger partial charge in [-0.05, 0) is 44.6 Å². The van der Waals surface area contributed by atoms with Gasteiger partial charge in [0.05, 0.1) is 4.87 Å². The first-order chi connectivity index (χ1) is 5.23. The molecule has 62 valence electrons. The highest BCUT2D eigenvalue weighted by atomic mass is 32.2. The van der Waals surface area contributed by atoms with E-state index in [0.717, 1.165) is 19.5 Å². The lowest BCUT2D eigenvalue weighted by Crippen LogP contribution is -2.37. The molecule has 11 heavy (non-hydrogen) atoms. The standard InChI is InChI=1S/C8H14N2S/c1-3-10-6-4-5-8(10,2)11-7-9/h3-6H2,1-2H3. The van der Waals surface area contributed by atoms with Gasteiger partial charge in [0.2, 0.25) is 0 Å². The summed E-state index contributed by atoms with van der Waals surface area (Å²) in [5, 5.41) is 10.8. The number of nitriles is 1. The van der Waals surface area contributed by atoms with Gasteiger partial charge < -0.3 is 0 Å². The Bertz CT molecular complexity index is 175. The fraction of sp³-hybridized carbons (Fsp3) is 0.875. The van der Waals surface area contributed by atoms with Crippen LogP contribution in [-0.2, 0) is 0 Å². The molecular formula is C8H14N2S. The maximum Gasteiger partial charge on any atom is 0.135 e. The van der Waals surface area contributed by atoms with Crippen molar-refractivity contribution in [2.75, 3.05) is 13.1 Å². The van der Waals surface area contributed by atoms with E-state index in [1.54, 1.807) is 0 Å². The Hall–Kier alpha value is -0.200. The van der Waals surface area contributed by atoms with Crippen LogP contribution in [0.3, 0.4) is 0 Å². The van der Waals surface area contributed by atoms with Crippen molar-refractivity contribution in [2.45, 2.75) is 31.6 Å². The molecule has 1 aliphatic heterocycles. The molecule has 2 nitrogen and oxygen atoms in total. The fourth-order valence-corrected chi connectivity index (χ4v) is 2.49. The molecule has 1 fully saturated rings. The van der Waals surface area contributed by atoms with Crippen LogP contribution in [-0.4, -0.2) is 22.9 Å². The second kappa shape index (κ2) is 3.46. The Morgan fingerprint density at radius 1 is 1.73 bits per heavy atom. The van der Waals surface area contributed by atoms with Crippen LogP contribution in [0.5, 0.6) is 0 Å². The topological polar surface area (TPSA) is 27.0 Å². The minimum absolute atomic E-state index is 0.101. The van der Waals surface area contributed by atoms with Gasteiger partial charge in [-0.25, -0.2) is 0 Å². The van der Waals surface area contributed by atoms with Crippen LogP contribution in [0.25, 0.3) is 0 Å². The molecule has 0 amide bonds. The molecule has 1 aliphatic rings. The van der Waals surface area contributed by atoms with Gasteiger partial charge in [-0.1, -0.05) is 6.92 Å². The molecule has 0 spiro atoms. The third-order valence-electron chi connectivity index (χ3n) is 2.38. The summed E-state index contributed by atoms with van der Waals surface area (Å²) >= 11 is 1.41. The summed E-state index contributed by atoms with van der Waals surface area (Å²) in [6.07, 6.45) is 2.39. The number of likely N-dealkylation sites (tertiary alicyclic amines) is 1. The van der Waals surface area contributed by atoms with Gasteiger partial charge in [-0.2, -0.15) is 5.26 Å². The van der Waals surface area contributed by atoms with Crippen LogP contribution in [0.15, 0.2) is 0 Å². The van der Waals surface area contributed by atoms with E-state index >= 15 is 0 Å². The minimum atomic E-state index is 0.101. The first kappa shape index (κ1) is 8.89. The molecule has 0 aromatic carbocycles. The molecule has 0 N–H and O–H groups in total. The molecule has 0 bridgehead atoms. The SMILES string of the molecule is CCN1CCCC1(C)SC#N. The molecule has 1 atom stereocenters. The average molecular weight is 170 g/mol. The second-order valence-corrected chi connectivity index (χ2v) is 4.32. The predicted molar refractivity (Wildman–Crippen MR) is 48.1 cm³/mol. The molecule has 1 unspecified atom stereocenters. The highest BCUT2D eigenvalue weighted by Crippen LogP contribution is 2.37. The quantitative estimate of drug-likeness (QED) is 0.593. The molecule has 0 aliphatic carbocycles. The van der Waals surface area contributed by atoms with Gasteiger partial charge in [0, 0.05) is 0 Å². The van der Waals surface area contributed by atoms with Crippen LogP contribution >= 0.6 is 11.8 Å². The smallest absolute Gasteiger partial charge is 0.135 e. The Kier molecular flexibility index (Phi) is 2.80. The summed E-state index contributed by atoms with van der Waals surface area (Å²) in [5.41, 5.74) is 0.